The molecule has 3 aromatic rings. The van der Waals surface area contributed by atoms with Gasteiger partial charge in [0, 0.05) is 29.4 Å². The molecule has 2 heteroatoms. The summed E-state index contributed by atoms with van der Waals surface area (Å²) >= 11 is 0. The molecule has 1 aromatic carbocycles. The second-order valence-corrected chi connectivity index (χ2v) is 3.52. The van der Waals surface area contributed by atoms with Gasteiger partial charge in [-0.15, -0.1) is 0 Å². The Bertz CT molecular complexity index is 555. The average molecular weight is 183 g/mol. The molecule has 2 aromatic heterocycles. The molecule has 1 N–H and O–H groups in total. The molecule has 14 heavy (non-hydrogen) atoms. The number of aryl methyl sites for hydroxylation is 1. The fraction of sp³-hybridized carbons (Fsp3) is 0.0833. The highest BCUT2D eigenvalue weighted by atomic mass is 14.9. The van der Waals surface area contributed by atoms with Crippen LogP contribution in [0.2, 0.25) is 0 Å². The van der Waals surface area contributed by atoms with Gasteiger partial charge in [-0.25, -0.2) is 4.98 Å². The van der Waals surface area contributed by atoms with Crippen molar-refractivity contribution in [3.8, 4) is 0 Å². The smallest absolute Gasteiger partial charge is 0.191 e. The van der Waals surface area contributed by atoms with Crippen LogP contribution < -0.4 is 4.98 Å². The zero-order chi connectivity index (χ0) is 9.54. The van der Waals surface area contributed by atoms with E-state index in [4.69, 9.17) is 0 Å². The Balaban J connectivity index is 2.69. The largest absolute Gasteiger partial charge is 0.339 e. The summed E-state index contributed by atoms with van der Waals surface area (Å²) in [6.45, 7) is 0. The summed E-state index contributed by atoms with van der Waals surface area (Å²) in [4.78, 5) is 3.12. The predicted octanol–water partition coefficient (Wildman–Crippen LogP) is 2.15. The molecular formula is C12H11N2+. The minimum Gasteiger partial charge on any atom is -0.339 e. The first-order valence-corrected chi connectivity index (χ1v) is 4.71. The third-order valence-electron chi connectivity index (χ3n) is 2.76. The third-order valence-corrected chi connectivity index (χ3v) is 2.76. The van der Waals surface area contributed by atoms with E-state index in [-0.39, 0.29) is 0 Å². The van der Waals surface area contributed by atoms with Gasteiger partial charge in [-0.05, 0) is 6.07 Å². The van der Waals surface area contributed by atoms with Crippen LogP contribution in [0.3, 0.4) is 0 Å². The summed E-state index contributed by atoms with van der Waals surface area (Å²) < 4.78 is 2.21. The van der Waals surface area contributed by atoms with Crippen LogP contribution in [0.5, 0.6) is 0 Å². The SMILES string of the molecule is Cn1c2ccccc2c2cc[nH+]cc21. The molecule has 0 saturated carbocycles. The van der Waals surface area contributed by atoms with Crippen LogP contribution in [0.1, 0.15) is 0 Å². The maximum absolute atomic E-state index is 3.12. The first kappa shape index (κ1) is 7.56. The lowest BCUT2D eigenvalue weighted by molar-refractivity contribution is -0.376. The van der Waals surface area contributed by atoms with Gasteiger partial charge in [-0.3, -0.25) is 0 Å². The second-order valence-electron chi connectivity index (χ2n) is 3.52. The van der Waals surface area contributed by atoms with Gasteiger partial charge in [0.2, 0.25) is 0 Å². The van der Waals surface area contributed by atoms with E-state index in [0.717, 1.165) is 0 Å². The van der Waals surface area contributed by atoms with E-state index in [1.807, 2.05) is 12.4 Å². The van der Waals surface area contributed by atoms with Crippen LogP contribution in [0.15, 0.2) is 42.7 Å². The number of hydrogen-bond acceptors (Lipinski definition) is 0. The molecule has 0 amide bonds. The lowest BCUT2D eigenvalue weighted by Gasteiger charge is -1.93. The van der Waals surface area contributed by atoms with Crippen molar-refractivity contribution >= 4 is 21.8 Å². The van der Waals surface area contributed by atoms with Crippen LogP contribution >= 0.6 is 0 Å². The summed E-state index contributed by atoms with van der Waals surface area (Å²) in [5.41, 5.74) is 2.52. The number of nitrogens with zero attached hydrogens (tertiary/aromatic N) is 1. The number of hydrogen-bond donors (Lipinski definition) is 0. The Labute approximate surface area is 81.8 Å². The molecule has 0 saturated heterocycles. The molecule has 68 valence electrons. The summed E-state index contributed by atoms with van der Waals surface area (Å²) in [6, 6.07) is 10.6. The minimum atomic E-state index is 1.24. The van der Waals surface area contributed by atoms with Crippen LogP contribution in [0.25, 0.3) is 21.8 Å². The molecule has 0 unspecified atom stereocenters. The van der Waals surface area contributed by atoms with E-state index in [9.17, 15) is 0 Å². The van der Waals surface area contributed by atoms with Crippen LogP contribution in [-0.2, 0) is 7.05 Å². The van der Waals surface area contributed by atoms with E-state index in [2.05, 4.69) is 46.9 Å². The topological polar surface area (TPSA) is 19.1 Å². The highest BCUT2D eigenvalue weighted by Gasteiger charge is 2.07. The number of pyridine rings is 1. The molecular weight excluding hydrogens is 172 g/mol. The molecule has 0 atom stereocenters. The van der Waals surface area contributed by atoms with Crippen molar-refractivity contribution in [3.63, 3.8) is 0 Å². The van der Waals surface area contributed by atoms with Gasteiger partial charge in [0.05, 0.1) is 0 Å². The third kappa shape index (κ3) is 0.826. The van der Waals surface area contributed by atoms with E-state index in [1.54, 1.807) is 0 Å². The van der Waals surface area contributed by atoms with Gasteiger partial charge in [0.25, 0.3) is 0 Å². The van der Waals surface area contributed by atoms with Gasteiger partial charge >= 0.3 is 0 Å². The van der Waals surface area contributed by atoms with Gasteiger partial charge in [0.15, 0.2) is 12.4 Å². The molecule has 2 heterocycles. The summed E-state index contributed by atoms with van der Waals surface area (Å²) in [5, 5.41) is 2.63. The summed E-state index contributed by atoms with van der Waals surface area (Å²) in [5.74, 6) is 0. The fourth-order valence-electron chi connectivity index (χ4n) is 2.05. The first-order valence-electron chi connectivity index (χ1n) is 4.71. The van der Waals surface area contributed by atoms with Crippen molar-refractivity contribution in [2.24, 2.45) is 7.05 Å². The zero-order valence-corrected chi connectivity index (χ0v) is 7.99. The molecule has 0 aliphatic heterocycles. The highest BCUT2D eigenvalue weighted by molar-refractivity contribution is 6.07. The van der Waals surface area contributed by atoms with Gasteiger partial charge in [0.1, 0.15) is 5.52 Å². The summed E-state index contributed by atoms with van der Waals surface area (Å²) in [7, 11) is 2.10. The maximum atomic E-state index is 3.12. The van der Waals surface area contributed by atoms with Crippen LogP contribution in [-0.4, -0.2) is 4.57 Å². The Morgan fingerprint density at radius 3 is 2.71 bits per heavy atom. The quantitative estimate of drug-likeness (QED) is 0.508. The van der Waals surface area contributed by atoms with E-state index in [0.29, 0.717) is 0 Å². The lowest BCUT2D eigenvalue weighted by atomic mass is 10.2. The van der Waals surface area contributed by atoms with Crippen molar-refractivity contribution in [3.05, 3.63) is 42.7 Å². The average Bonchev–Trinajstić information content (AvgIpc) is 2.55. The van der Waals surface area contributed by atoms with Crippen molar-refractivity contribution in [2.45, 2.75) is 0 Å². The molecule has 0 bridgehead atoms. The summed E-state index contributed by atoms with van der Waals surface area (Å²) in [6.07, 6.45) is 4.00. The van der Waals surface area contributed by atoms with Crippen molar-refractivity contribution < 1.29 is 4.98 Å². The Morgan fingerprint density at radius 2 is 1.79 bits per heavy atom. The first-order chi connectivity index (χ1) is 6.88. The number of benzene rings is 1. The van der Waals surface area contributed by atoms with Crippen molar-refractivity contribution in [1.29, 1.82) is 0 Å². The van der Waals surface area contributed by atoms with E-state index in [1.165, 1.54) is 21.8 Å². The van der Waals surface area contributed by atoms with Gasteiger partial charge in [-0.1, -0.05) is 18.2 Å². The molecule has 0 aliphatic carbocycles. The lowest BCUT2D eigenvalue weighted by Crippen LogP contribution is -1.99. The van der Waals surface area contributed by atoms with Gasteiger partial charge in [-0.2, -0.15) is 0 Å². The molecule has 0 radical (unpaired) electrons. The van der Waals surface area contributed by atoms with Crippen molar-refractivity contribution in [1.82, 2.24) is 4.57 Å². The molecule has 3 rings (SSSR count). The number of para-hydroxylation sites is 1. The second kappa shape index (κ2) is 2.58. The van der Waals surface area contributed by atoms with Gasteiger partial charge < -0.3 is 4.57 Å². The number of fused-ring (bicyclic) bond motifs is 3. The van der Waals surface area contributed by atoms with Crippen LogP contribution in [0, 0.1) is 0 Å². The Hall–Kier alpha value is -1.83. The fourth-order valence-corrected chi connectivity index (χ4v) is 2.05. The van der Waals surface area contributed by atoms with Crippen molar-refractivity contribution in [2.75, 3.05) is 0 Å². The number of aromatic nitrogens is 2. The number of H-pyrrole nitrogens is 1. The Kier molecular flexibility index (Phi) is 1.39. The molecule has 0 spiro atoms. The normalized spacial score (nSPS) is 11.2. The van der Waals surface area contributed by atoms with E-state index >= 15 is 0 Å². The van der Waals surface area contributed by atoms with Crippen LogP contribution in [0.4, 0.5) is 0 Å². The maximum Gasteiger partial charge on any atom is 0.191 e. The Morgan fingerprint density at radius 1 is 1.00 bits per heavy atom. The highest BCUT2D eigenvalue weighted by Crippen LogP contribution is 2.25. The number of nitrogens with one attached hydrogen (secondary N) is 1. The standard InChI is InChI=1S/C12H10N2/c1-14-11-5-3-2-4-9(11)10-6-7-13-8-12(10)14/h2-8H,1H3/p+1. The predicted molar refractivity (Wildman–Crippen MR) is 57.0 cm³/mol. The molecule has 0 aliphatic rings. The monoisotopic (exact) mass is 183 g/mol. The zero-order valence-electron chi connectivity index (χ0n) is 7.99. The molecule has 2 nitrogen and oxygen atoms in total. The number of aromatic amines is 1. The minimum absolute atomic E-state index is 1.24. The van der Waals surface area contributed by atoms with E-state index < -0.39 is 0 Å². The molecule has 0 fully saturated rings. The number of rotatable bonds is 0.